The molecule has 2 rings (SSSR count). The highest BCUT2D eigenvalue weighted by molar-refractivity contribution is 5.85. The smallest absolute Gasteiger partial charge is 0.233 e. The number of rotatable bonds is 5. The van der Waals surface area contributed by atoms with Gasteiger partial charge in [0.15, 0.2) is 0 Å². The van der Waals surface area contributed by atoms with Crippen LogP contribution in [0, 0.1) is 5.92 Å². The molecule has 0 bridgehead atoms. The van der Waals surface area contributed by atoms with Gasteiger partial charge in [-0.15, -0.1) is 24.8 Å². The molecule has 1 unspecified atom stereocenters. The highest BCUT2D eigenvalue weighted by Gasteiger charge is 2.23. The van der Waals surface area contributed by atoms with Gasteiger partial charge in [-0.3, -0.25) is 4.79 Å². The van der Waals surface area contributed by atoms with Gasteiger partial charge < -0.3 is 20.7 Å². The third-order valence-electron chi connectivity index (χ3n) is 3.48. The van der Waals surface area contributed by atoms with Crippen molar-refractivity contribution >= 4 is 36.4 Å². The highest BCUT2D eigenvalue weighted by Crippen LogP contribution is 2.26. The number of ether oxygens (including phenoxy) is 1. The van der Waals surface area contributed by atoms with E-state index in [0.29, 0.717) is 12.5 Å². The average Bonchev–Trinajstić information content (AvgIpc) is 2.93. The quantitative estimate of drug-likeness (QED) is 0.854. The van der Waals surface area contributed by atoms with Gasteiger partial charge in [-0.1, -0.05) is 6.07 Å². The maximum Gasteiger partial charge on any atom is 0.233 e. The molecule has 0 radical (unpaired) electrons. The Hall–Kier alpha value is -1.17. The van der Waals surface area contributed by atoms with Crippen LogP contribution in [-0.2, 0) is 4.79 Å². The summed E-state index contributed by atoms with van der Waals surface area (Å²) in [7, 11) is 1.67. The number of amides is 1. The monoisotopic (exact) mass is 335 g/mol. The summed E-state index contributed by atoms with van der Waals surface area (Å²) >= 11 is 0. The van der Waals surface area contributed by atoms with Crippen LogP contribution >= 0.6 is 24.8 Å². The molecule has 1 aromatic carbocycles. The summed E-state index contributed by atoms with van der Waals surface area (Å²) in [5.41, 5.74) is 6.44. The van der Waals surface area contributed by atoms with Crippen molar-refractivity contribution < 1.29 is 9.53 Å². The van der Waals surface area contributed by atoms with Gasteiger partial charge in [0.25, 0.3) is 0 Å². The molecule has 1 amide bonds. The fourth-order valence-corrected chi connectivity index (χ4v) is 2.37. The summed E-state index contributed by atoms with van der Waals surface area (Å²) in [6.07, 6.45) is 1.09. The summed E-state index contributed by atoms with van der Waals surface area (Å²) in [6.45, 7) is 2.73. The number of hydrogen-bond donors (Lipinski definition) is 2. The number of carbonyl (C=O) groups is 1. The third kappa shape index (κ3) is 5.61. The second-order valence-corrected chi connectivity index (χ2v) is 4.81. The molecule has 1 saturated heterocycles. The Balaban J connectivity index is 0.00000200. The minimum absolute atomic E-state index is 0. The highest BCUT2D eigenvalue weighted by atomic mass is 35.5. The summed E-state index contributed by atoms with van der Waals surface area (Å²) in [5.74, 6) is 1.28. The van der Waals surface area contributed by atoms with E-state index in [1.54, 1.807) is 7.11 Å². The van der Waals surface area contributed by atoms with Crippen LogP contribution in [0.3, 0.4) is 0 Å². The Bertz CT molecular complexity index is 446. The van der Waals surface area contributed by atoms with Gasteiger partial charge in [0.2, 0.25) is 5.91 Å². The largest absolute Gasteiger partial charge is 0.497 e. The number of benzene rings is 1. The lowest BCUT2D eigenvalue weighted by Gasteiger charge is -2.19. The van der Waals surface area contributed by atoms with Gasteiger partial charge in [-0.25, -0.2) is 0 Å². The Morgan fingerprint density at radius 3 is 2.90 bits per heavy atom. The van der Waals surface area contributed by atoms with Crippen LogP contribution in [0.5, 0.6) is 5.75 Å². The standard InChI is InChI=1S/C14H21N3O2.2ClH/c1-19-13-4-2-3-12(7-13)17-6-5-11(10-17)9-16-14(18)8-15;;/h2-4,7,11H,5-6,8-10,15H2,1H3,(H,16,18);2*1H. The second-order valence-electron chi connectivity index (χ2n) is 4.81. The van der Waals surface area contributed by atoms with Crippen LogP contribution in [-0.4, -0.2) is 39.2 Å². The minimum Gasteiger partial charge on any atom is -0.497 e. The fraction of sp³-hybridized carbons (Fsp3) is 0.500. The predicted octanol–water partition coefficient (Wildman–Crippen LogP) is 1.44. The van der Waals surface area contributed by atoms with E-state index < -0.39 is 0 Å². The lowest BCUT2D eigenvalue weighted by atomic mass is 10.1. The summed E-state index contributed by atoms with van der Waals surface area (Å²) < 4.78 is 5.24. The van der Waals surface area contributed by atoms with Gasteiger partial charge in [0, 0.05) is 31.4 Å². The molecule has 0 saturated carbocycles. The Labute approximate surface area is 138 Å². The first kappa shape index (κ1) is 19.8. The first-order valence-corrected chi connectivity index (χ1v) is 6.58. The van der Waals surface area contributed by atoms with Crippen molar-refractivity contribution in [3.05, 3.63) is 24.3 Å². The van der Waals surface area contributed by atoms with Crippen molar-refractivity contribution in [3.63, 3.8) is 0 Å². The predicted molar refractivity (Wildman–Crippen MR) is 89.9 cm³/mol. The SMILES string of the molecule is COc1cccc(N2CCC(CNC(=O)CN)C2)c1.Cl.Cl. The van der Waals surface area contributed by atoms with Gasteiger partial charge in [-0.05, 0) is 24.5 Å². The number of methoxy groups -OCH3 is 1. The van der Waals surface area contributed by atoms with E-state index >= 15 is 0 Å². The van der Waals surface area contributed by atoms with E-state index in [0.717, 1.165) is 25.3 Å². The van der Waals surface area contributed by atoms with E-state index in [4.69, 9.17) is 10.5 Å². The number of halogens is 2. The van der Waals surface area contributed by atoms with Gasteiger partial charge in [0.05, 0.1) is 13.7 Å². The zero-order valence-corrected chi connectivity index (χ0v) is 13.7. The van der Waals surface area contributed by atoms with Crippen molar-refractivity contribution in [2.75, 3.05) is 38.2 Å². The first-order chi connectivity index (χ1) is 9.22. The van der Waals surface area contributed by atoms with Crippen molar-refractivity contribution in [1.82, 2.24) is 5.32 Å². The minimum atomic E-state index is -0.0835. The number of nitrogens with one attached hydrogen (secondary N) is 1. The lowest BCUT2D eigenvalue weighted by Crippen LogP contribution is -2.35. The molecular formula is C14H23Cl2N3O2. The summed E-state index contributed by atoms with van der Waals surface area (Å²) in [6, 6.07) is 8.07. The summed E-state index contributed by atoms with van der Waals surface area (Å²) in [5, 5.41) is 2.85. The fourth-order valence-electron chi connectivity index (χ4n) is 2.37. The molecule has 5 nitrogen and oxygen atoms in total. The number of hydrogen-bond acceptors (Lipinski definition) is 4. The van der Waals surface area contributed by atoms with E-state index in [-0.39, 0.29) is 37.3 Å². The van der Waals surface area contributed by atoms with E-state index in [9.17, 15) is 4.79 Å². The molecule has 0 aromatic heterocycles. The van der Waals surface area contributed by atoms with Gasteiger partial charge >= 0.3 is 0 Å². The molecule has 1 aliphatic rings. The molecule has 21 heavy (non-hydrogen) atoms. The maximum absolute atomic E-state index is 11.1. The van der Waals surface area contributed by atoms with Crippen LogP contribution in [0.25, 0.3) is 0 Å². The molecule has 0 aliphatic carbocycles. The Kier molecular flexibility index (Phi) is 9.17. The molecule has 0 spiro atoms. The van der Waals surface area contributed by atoms with Crippen LogP contribution in [0.1, 0.15) is 6.42 Å². The molecule has 1 atom stereocenters. The Morgan fingerprint density at radius 1 is 1.48 bits per heavy atom. The van der Waals surface area contributed by atoms with E-state index in [1.165, 1.54) is 5.69 Å². The third-order valence-corrected chi connectivity index (χ3v) is 3.48. The number of nitrogens with two attached hydrogens (primary N) is 1. The number of anilines is 1. The van der Waals surface area contributed by atoms with Gasteiger partial charge in [-0.2, -0.15) is 0 Å². The van der Waals surface area contributed by atoms with Crippen molar-refractivity contribution in [2.45, 2.75) is 6.42 Å². The molecule has 1 aliphatic heterocycles. The topological polar surface area (TPSA) is 67.6 Å². The van der Waals surface area contributed by atoms with Crippen LogP contribution in [0.15, 0.2) is 24.3 Å². The first-order valence-electron chi connectivity index (χ1n) is 6.58. The zero-order valence-electron chi connectivity index (χ0n) is 12.1. The van der Waals surface area contributed by atoms with Crippen LogP contribution < -0.4 is 20.7 Å². The van der Waals surface area contributed by atoms with E-state index in [1.807, 2.05) is 18.2 Å². The van der Waals surface area contributed by atoms with Crippen molar-refractivity contribution in [2.24, 2.45) is 11.7 Å². The number of carbonyl (C=O) groups excluding carboxylic acids is 1. The lowest BCUT2D eigenvalue weighted by molar-refractivity contribution is -0.119. The number of nitrogens with zero attached hydrogens (tertiary/aromatic N) is 1. The summed E-state index contributed by atoms with van der Waals surface area (Å²) in [4.78, 5) is 13.5. The van der Waals surface area contributed by atoms with E-state index in [2.05, 4.69) is 16.3 Å². The second kappa shape index (κ2) is 9.71. The average molecular weight is 336 g/mol. The van der Waals surface area contributed by atoms with Gasteiger partial charge in [0.1, 0.15) is 5.75 Å². The molecule has 1 fully saturated rings. The normalized spacial score (nSPS) is 16.7. The maximum atomic E-state index is 11.1. The van der Waals surface area contributed by atoms with Crippen LogP contribution in [0.2, 0.25) is 0 Å². The van der Waals surface area contributed by atoms with Crippen LogP contribution in [0.4, 0.5) is 5.69 Å². The zero-order chi connectivity index (χ0) is 13.7. The van der Waals surface area contributed by atoms with Crippen molar-refractivity contribution in [1.29, 1.82) is 0 Å². The molecule has 120 valence electrons. The molecular weight excluding hydrogens is 313 g/mol. The molecule has 1 heterocycles. The molecule has 7 heteroatoms. The molecule has 3 N–H and O–H groups in total. The van der Waals surface area contributed by atoms with Crippen molar-refractivity contribution in [3.8, 4) is 5.75 Å². The Morgan fingerprint density at radius 2 is 2.24 bits per heavy atom. The molecule has 1 aromatic rings.